The van der Waals surface area contributed by atoms with Crippen molar-refractivity contribution in [2.24, 2.45) is 0 Å². The molecule has 0 saturated carbocycles. The number of carbonyl (C=O) groups excluding carboxylic acids is 1. The first-order valence-electron chi connectivity index (χ1n) is 8.22. The molecule has 25 heavy (non-hydrogen) atoms. The maximum absolute atomic E-state index is 12.5. The molecule has 0 radical (unpaired) electrons. The van der Waals surface area contributed by atoms with E-state index in [1.807, 2.05) is 36.7 Å². The van der Waals surface area contributed by atoms with Gasteiger partial charge in [0.2, 0.25) is 0 Å². The number of halogens is 2. The molecule has 0 spiro atoms. The first-order valence-corrected chi connectivity index (χ1v) is 9.01. The van der Waals surface area contributed by atoms with Crippen molar-refractivity contribution in [3.05, 3.63) is 45.2 Å². The summed E-state index contributed by atoms with van der Waals surface area (Å²) >= 11 is 3.45. The Hall–Kier alpha value is -1.44. The zero-order chi connectivity index (χ0) is 17.1. The molecule has 3 rings (SSSR count). The maximum Gasteiger partial charge on any atom is 0.274 e. The molecular weight excluding hydrogens is 406 g/mol. The summed E-state index contributed by atoms with van der Waals surface area (Å²) in [5, 5.41) is 14.6. The molecule has 136 valence electrons. The molecule has 6 nitrogen and oxygen atoms in total. The van der Waals surface area contributed by atoms with Gasteiger partial charge in [0, 0.05) is 11.0 Å². The lowest BCUT2D eigenvalue weighted by molar-refractivity contribution is 0.0945. The van der Waals surface area contributed by atoms with E-state index in [1.165, 1.54) is 0 Å². The molecule has 1 saturated heterocycles. The van der Waals surface area contributed by atoms with Crippen LogP contribution in [0.3, 0.4) is 0 Å². The zero-order valence-electron chi connectivity index (χ0n) is 14.4. The van der Waals surface area contributed by atoms with Gasteiger partial charge < -0.3 is 10.6 Å². The van der Waals surface area contributed by atoms with Crippen LogP contribution in [0.15, 0.2) is 22.7 Å². The van der Waals surface area contributed by atoms with Gasteiger partial charge >= 0.3 is 0 Å². The Balaban J connectivity index is 0.00000225. The van der Waals surface area contributed by atoms with Gasteiger partial charge in [-0.05, 0) is 63.0 Å². The van der Waals surface area contributed by atoms with Crippen molar-refractivity contribution in [3.63, 3.8) is 0 Å². The van der Waals surface area contributed by atoms with Crippen molar-refractivity contribution < 1.29 is 4.79 Å². The molecule has 0 aliphatic carbocycles. The van der Waals surface area contributed by atoms with Crippen molar-refractivity contribution in [1.82, 2.24) is 25.6 Å². The third kappa shape index (κ3) is 4.59. The molecule has 1 aromatic heterocycles. The van der Waals surface area contributed by atoms with E-state index in [-0.39, 0.29) is 18.3 Å². The maximum atomic E-state index is 12.5. The number of benzene rings is 1. The van der Waals surface area contributed by atoms with Crippen molar-refractivity contribution in [3.8, 4) is 0 Å². The zero-order valence-corrected chi connectivity index (χ0v) is 16.8. The van der Waals surface area contributed by atoms with E-state index in [0.717, 1.165) is 47.2 Å². The van der Waals surface area contributed by atoms with E-state index in [2.05, 4.69) is 36.9 Å². The molecule has 2 N–H and O–H groups in total. The lowest BCUT2D eigenvalue weighted by Gasteiger charge is -2.23. The predicted octanol–water partition coefficient (Wildman–Crippen LogP) is 2.93. The van der Waals surface area contributed by atoms with Gasteiger partial charge in [0.1, 0.15) is 0 Å². The molecular formula is C17H23BrClN5O. The van der Waals surface area contributed by atoms with Crippen LogP contribution in [0, 0.1) is 13.8 Å². The van der Waals surface area contributed by atoms with E-state index in [4.69, 9.17) is 0 Å². The number of aryl methyl sites for hydroxylation is 1. The number of hydrogen-bond donors (Lipinski definition) is 2. The van der Waals surface area contributed by atoms with Gasteiger partial charge in [-0.3, -0.25) is 4.79 Å². The Labute approximate surface area is 162 Å². The number of nitrogens with zero attached hydrogens (tertiary/aromatic N) is 3. The average Bonchev–Trinajstić information content (AvgIpc) is 2.96. The van der Waals surface area contributed by atoms with Gasteiger partial charge in [-0.1, -0.05) is 27.2 Å². The summed E-state index contributed by atoms with van der Waals surface area (Å²) in [6, 6.07) is 6.36. The van der Waals surface area contributed by atoms with Crippen LogP contribution in [0.5, 0.6) is 0 Å². The summed E-state index contributed by atoms with van der Waals surface area (Å²) in [6.07, 6.45) is 2.03. The van der Waals surface area contributed by atoms with Crippen LogP contribution in [-0.2, 0) is 6.54 Å². The molecule has 1 amide bonds. The van der Waals surface area contributed by atoms with Crippen molar-refractivity contribution >= 4 is 34.2 Å². The highest BCUT2D eigenvalue weighted by Crippen LogP contribution is 2.20. The number of piperidine rings is 1. The first-order chi connectivity index (χ1) is 11.6. The summed E-state index contributed by atoms with van der Waals surface area (Å²) in [7, 11) is 0. The topological polar surface area (TPSA) is 71.8 Å². The highest BCUT2D eigenvalue weighted by Gasteiger charge is 2.22. The highest BCUT2D eigenvalue weighted by molar-refractivity contribution is 9.10. The van der Waals surface area contributed by atoms with Gasteiger partial charge in [-0.25, -0.2) is 4.68 Å². The van der Waals surface area contributed by atoms with Gasteiger partial charge in [-0.15, -0.1) is 17.5 Å². The lowest BCUT2D eigenvalue weighted by Crippen LogP contribution is -2.30. The number of hydrogen-bond acceptors (Lipinski definition) is 4. The van der Waals surface area contributed by atoms with Crippen LogP contribution in [-0.4, -0.2) is 34.0 Å². The fraction of sp³-hybridized carbons (Fsp3) is 0.471. The van der Waals surface area contributed by atoms with Crippen LogP contribution in [0.1, 0.15) is 46.2 Å². The quantitative estimate of drug-likeness (QED) is 0.785. The third-order valence-electron chi connectivity index (χ3n) is 4.54. The fourth-order valence-electron chi connectivity index (χ4n) is 3.07. The normalized spacial score (nSPS) is 14.8. The summed E-state index contributed by atoms with van der Waals surface area (Å²) in [5.74, 6) is -0.171. The van der Waals surface area contributed by atoms with Gasteiger partial charge in [-0.2, -0.15) is 0 Å². The van der Waals surface area contributed by atoms with Crippen LogP contribution in [0.25, 0.3) is 0 Å². The predicted molar refractivity (Wildman–Crippen MR) is 103 cm³/mol. The SMILES string of the molecule is Cc1cc(Br)ccc1CNC(=O)c1nnn(C2CCNCC2)c1C.Cl. The lowest BCUT2D eigenvalue weighted by atomic mass is 10.1. The molecule has 0 bridgehead atoms. The van der Waals surface area contributed by atoms with Crippen molar-refractivity contribution in [1.29, 1.82) is 0 Å². The molecule has 1 fully saturated rings. The highest BCUT2D eigenvalue weighted by atomic mass is 79.9. The van der Waals surface area contributed by atoms with Crippen LogP contribution in [0.4, 0.5) is 0 Å². The van der Waals surface area contributed by atoms with E-state index in [1.54, 1.807) is 0 Å². The third-order valence-corrected chi connectivity index (χ3v) is 5.03. The van der Waals surface area contributed by atoms with E-state index < -0.39 is 0 Å². The Bertz CT molecular complexity index is 743. The summed E-state index contributed by atoms with van der Waals surface area (Å²) in [4.78, 5) is 12.5. The largest absolute Gasteiger partial charge is 0.346 e. The fourth-order valence-corrected chi connectivity index (χ4v) is 3.54. The van der Waals surface area contributed by atoms with Crippen LogP contribution < -0.4 is 10.6 Å². The molecule has 8 heteroatoms. The molecule has 1 aliphatic rings. The van der Waals surface area contributed by atoms with E-state index >= 15 is 0 Å². The Morgan fingerprint density at radius 1 is 1.36 bits per heavy atom. The van der Waals surface area contributed by atoms with E-state index in [9.17, 15) is 4.79 Å². The summed E-state index contributed by atoms with van der Waals surface area (Å²) in [6.45, 7) is 6.40. The van der Waals surface area contributed by atoms with Crippen LogP contribution in [0.2, 0.25) is 0 Å². The van der Waals surface area contributed by atoms with E-state index in [0.29, 0.717) is 18.3 Å². The van der Waals surface area contributed by atoms with Crippen LogP contribution >= 0.6 is 28.3 Å². The standard InChI is InChI=1S/C17H22BrN5O.ClH/c1-11-9-14(18)4-3-13(11)10-20-17(24)16-12(2)23(22-21-16)15-5-7-19-8-6-15;/h3-4,9,15,19H,5-8,10H2,1-2H3,(H,20,24);1H. The number of carbonyl (C=O) groups is 1. The molecule has 0 atom stereocenters. The average molecular weight is 429 g/mol. The number of aromatic nitrogens is 3. The number of rotatable bonds is 4. The summed E-state index contributed by atoms with van der Waals surface area (Å²) in [5.41, 5.74) is 3.49. The van der Waals surface area contributed by atoms with Crippen molar-refractivity contribution in [2.45, 2.75) is 39.3 Å². The second kappa shape index (κ2) is 8.78. The Kier molecular flexibility index (Phi) is 6.98. The monoisotopic (exact) mass is 427 g/mol. The molecule has 2 heterocycles. The molecule has 0 unspecified atom stereocenters. The number of amides is 1. The molecule has 2 aromatic rings. The van der Waals surface area contributed by atoms with Gasteiger partial charge in [0.15, 0.2) is 5.69 Å². The minimum absolute atomic E-state index is 0. The van der Waals surface area contributed by atoms with Gasteiger partial charge in [0.25, 0.3) is 5.91 Å². The first kappa shape index (κ1) is 19.9. The number of nitrogens with one attached hydrogen (secondary N) is 2. The molecule has 1 aliphatic heterocycles. The minimum atomic E-state index is -0.171. The second-order valence-electron chi connectivity index (χ2n) is 6.20. The Morgan fingerprint density at radius 3 is 2.76 bits per heavy atom. The van der Waals surface area contributed by atoms with Gasteiger partial charge in [0.05, 0.1) is 11.7 Å². The molecule has 1 aromatic carbocycles. The Morgan fingerprint density at radius 2 is 2.08 bits per heavy atom. The van der Waals surface area contributed by atoms with Crippen molar-refractivity contribution in [2.75, 3.05) is 13.1 Å². The second-order valence-corrected chi connectivity index (χ2v) is 7.12. The smallest absolute Gasteiger partial charge is 0.274 e. The minimum Gasteiger partial charge on any atom is -0.346 e. The summed E-state index contributed by atoms with van der Waals surface area (Å²) < 4.78 is 2.94.